The van der Waals surface area contributed by atoms with E-state index in [9.17, 15) is 4.79 Å². The zero-order valence-corrected chi connectivity index (χ0v) is 22.5. The quantitative estimate of drug-likeness (QED) is 0.206. The van der Waals surface area contributed by atoms with E-state index in [1.165, 1.54) is 11.3 Å². The van der Waals surface area contributed by atoms with E-state index in [0.29, 0.717) is 66.7 Å². The molecule has 0 unspecified atom stereocenters. The number of carbonyl (C=O) groups excluding carboxylic acids is 1. The third-order valence-electron chi connectivity index (χ3n) is 5.49. The lowest BCUT2D eigenvalue weighted by molar-refractivity contribution is 0.0984. The second-order valence-electron chi connectivity index (χ2n) is 8.01. The van der Waals surface area contributed by atoms with Crippen LogP contribution in [0.1, 0.15) is 43.6 Å². The predicted octanol–water partition coefficient (Wildman–Crippen LogP) is 6.74. The fourth-order valence-corrected chi connectivity index (χ4v) is 4.94. The molecule has 0 N–H and O–H groups in total. The number of aromatic nitrogens is 1. The van der Waals surface area contributed by atoms with Crippen LogP contribution >= 0.6 is 11.3 Å². The summed E-state index contributed by atoms with van der Waals surface area (Å²) in [6, 6.07) is 19.1. The summed E-state index contributed by atoms with van der Waals surface area (Å²) in [5.74, 6) is 1.93. The van der Waals surface area contributed by atoms with Crippen molar-refractivity contribution < 1.29 is 23.7 Å². The van der Waals surface area contributed by atoms with Crippen molar-refractivity contribution in [3.8, 4) is 23.0 Å². The van der Waals surface area contributed by atoms with Crippen molar-refractivity contribution in [2.75, 3.05) is 31.3 Å². The van der Waals surface area contributed by atoms with Crippen LogP contribution in [0.4, 0.5) is 5.13 Å². The summed E-state index contributed by atoms with van der Waals surface area (Å²) >= 11 is 1.45. The highest BCUT2D eigenvalue weighted by Crippen LogP contribution is 2.41. The van der Waals surface area contributed by atoms with Crippen molar-refractivity contribution in [1.29, 1.82) is 0 Å². The van der Waals surface area contributed by atoms with E-state index in [-0.39, 0.29) is 5.91 Å². The van der Waals surface area contributed by atoms with Crippen LogP contribution in [0.5, 0.6) is 23.0 Å². The minimum absolute atomic E-state index is 0.217. The standard InChI is InChI=1S/C29H32N2O5S/c1-5-33-22-15-12-16-25-26(22)30-29(37-25)31(19-20-13-10-9-11-14-20)28(32)21-17-23(34-6-2)27(36-8-4)24(18-21)35-7-3/h9-18H,5-8,19H2,1-4H3. The van der Waals surface area contributed by atoms with Gasteiger partial charge in [-0.25, -0.2) is 4.98 Å². The molecule has 0 aliphatic heterocycles. The Balaban J connectivity index is 1.82. The van der Waals surface area contributed by atoms with Crippen LogP contribution < -0.4 is 23.8 Å². The largest absolute Gasteiger partial charge is 0.492 e. The topological polar surface area (TPSA) is 70.1 Å². The van der Waals surface area contributed by atoms with Gasteiger partial charge >= 0.3 is 0 Å². The van der Waals surface area contributed by atoms with E-state index in [1.807, 2.05) is 76.2 Å². The number of nitrogens with zero attached hydrogens (tertiary/aromatic N) is 2. The molecular formula is C29H32N2O5S. The Morgan fingerprint density at radius 2 is 1.41 bits per heavy atom. The van der Waals surface area contributed by atoms with Crippen LogP contribution in [0.15, 0.2) is 60.7 Å². The number of thiazole rings is 1. The van der Waals surface area contributed by atoms with Crippen LogP contribution in [0, 0.1) is 0 Å². The first kappa shape index (κ1) is 26.3. The normalized spacial score (nSPS) is 10.8. The third-order valence-corrected chi connectivity index (χ3v) is 6.53. The molecule has 1 heterocycles. The van der Waals surface area contributed by atoms with Crippen molar-refractivity contribution >= 4 is 32.6 Å². The Kier molecular flexibility index (Phi) is 8.85. The third kappa shape index (κ3) is 5.97. The number of fused-ring (bicyclic) bond motifs is 1. The highest BCUT2D eigenvalue weighted by atomic mass is 32.1. The summed E-state index contributed by atoms with van der Waals surface area (Å²) in [7, 11) is 0. The van der Waals surface area contributed by atoms with Gasteiger partial charge in [0.1, 0.15) is 11.3 Å². The Morgan fingerprint density at radius 1 is 0.784 bits per heavy atom. The number of anilines is 1. The van der Waals surface area contributed by atoms with Crippen molar-refractivity contribution in [2.24, 2.45) is 0 Å². The molecule has 0 radical (unpaired) electrons. The van der Waals surface area contributed by atoms with E-state index in [2.05, 4.69) is 0 Å². The van der Waals surface area contributed by atoms with Gasteiger partial charge in [0.25, 0.3) is 5.91 Å². The zero-order valence-electron chi connectivity index (χ0n) is 21.7. The molecule has 8 heteroatoms. The number of hydrogen-bond acceptors (Lipinski definition) is 7. The number of ether oxygens (including phenoxy) is 4. The second-order valence-corrected chi connectivity index (χ2v) is 9.02. The average Bonchev–Trinajstić information content (AvgIpc) is 3.35. The first-order valence-electron chi connectivity index (χ1n) is 12.5. The van der Waals surface area contributed by atoms with E-state index in [0.717, 1.165) is 15.8 Å². The smallest absolute Gasteiger partial charge is 0.260 e. The first-order valence-corrected chi connectivity index (χ1v) is 13.4. The Labute approximate surface area is 221 Å². The fraction of sp³-hybridized carbons (Fsp3) is 0.310. The minimum Gasteiger partial charge on any atom is -0.492 e. The maximum atomic E-state index is 14.1. The number of carbonyl (C=O) groups is 1. The summed E-state index contributed by atoms with van der Waals surface area (Å²) in [5.41, 5.74) is 2.16. The van der Waals surface area contributed by atoms with Gasteiger partial charge in [-0.2, -0.15) is 0 Å². The van der Waals surface area contributed by atoms with Gasteiger partial charge in [0.05, 0.1) is 37.7 Å². The summed E-state index contributed by atoms with van der Waals surface area (Å²) in [4.78, 5) is 20.7. The molecular weight excluding hydrogens is 488 g/mol. The molecule has 7 nitrogen and oxygen atoms in total. The van der Waals surface area contributed by atoms with Crippen LogP contribution in [0.2, 0.25) is 0 Å². The first-order chi connectivity index (χ1) is 18.1. The van der Waals surface area contributed by atoms with Crippen LogP contribution in [0.25, 0.3) is 10.2 Å². The number of para-hydroxylation sites is 1. The molecule has 4 aromatic rings. The van der Waals surface area contributed by atoms with E-state index in [4.69, 9.17) is 23.9 Å². The lowest BCUT2D eigenvalue weighted by Crippen LogP contribution is -2.30. The predicted molar refractivity (Wildman–Crippen MR) is 148 cm³/mol. The summed E-state index contributed by atoms with van der Waals surface area (Å²) in [6.45, 7) is 9.80. The summed E-state index contributed by atoms with van der Waals surface area (Å²) in [6.07, 6.45) is 0. The molecule has 4 rings (SSSR count). The van der Waals surface area contributed by atoms with E-state index < -0.39 is 0 Å². The molecule has 0 spiro atoms. The summed E-state index contributed by atoms with van der Waals surface area (Å²) < 4.78 is 24.3. The molecule has 0 aliphatic carbocycles. The van der Waals surface area contributed by atoms with Crippen molar-refractivity contribution in [2.45, 2.75) is 34.2 Å². The van der Waals surface area contributed by atoms with Gasteiger partial charge in [0, 0.05) is 5.56 Å². The lowest BCUT2D eigenvalue weighted by atomic mass is 10.1. The van der Waals surface area contributed by atoms with Gasteiger partial charge in [-0.05, 0) is 57.5 Å². The Bertz CT molecular complexity index is 1310. The maximum absolute atomic E-state index is 14.1. The molecule has 0 bridgehead atoms. The van der Waals surface area contributed by atoms with Gasteiger partial charge in [-0.3, -0.25) is 9.69 Å². The lowest BCUT2D eigenvalue weighted by Gasteiger charge is -2.22. The number of benzene rings is 3. The van der Waals surface area contributed by atoms with Crippen molar-refractivity contribution in [1.82, 2.24) is 4.98 Å². The van der Waals surface area contributed by atoms with Crippen LogP contribution in [-0.2, 0) is 6.54 Å². The van der Waals surface area contributed by atoms with Crippen molar-refractivity contribution in [3.63, 3.8) is 0 Å². The monoisotopic (exact) mass is 520 g/mol. The number of amides is 1. The van der Waals surface area contributed by atoms with Crippen molar-refractivity contribution in [3.05, 3.63) is 71.8 Å². The Morgan fingerprint density at radius 3 is 2.03 bits per heavy atom. The fourth-order valence-electron chi connectivity index (χ4n) is 3.96. The highest BCUT2D eigenvalue weighted by Gasteiger charge is 2.26. The van der Waals surface area contributed by atoms with E-state index in [1.54, 1.807) is 17.0 Å². The van der Waals surface area contributed by atoms with Crippen LogP contribution in [-0.4, -0.2) is 37.3 Å². The van der Waals surface area contributed by atoms with E-state index >= 15 is 0 Å². The molecule has 37 heavy (non-hydrogen) atoms. The molecule has 3 aromatic carbocycles. The van der Waals surface area contributed by atoms with Gasteiger partial charge in [0.15, 0.2) is 16.6 Å². The van der Waals surface area contributed by atoms with Gasteiger partial charge in [0.2, 0.25) is 5.75 Å². The van der Waals surface area contributed by atoms with Gasteiger partial charge in [-0.15, -0.1) is 0 Å². The highest BCUT2D eigenvalue weighted by molar-refractivity contribution is 7.22. The minimum atomic E-state index is -0.217. The molecule has 0 aliphatic rings. The Hall–Kier alpha value is -3.78. The number of rotatable bonds is 12. The zero-order chi connectivity index (χ0) is 26.2. The van der Waals surface area contributed by atoms with Crippen LogP contribution in [0.3, 0.4) is 0 Å². The summed E-state index contributed by atoms with van der Waals surface area (Å²) in [5, 5.41) is 0.584. The maximum Gasteiger partial charge on any atom is 0.260 e. The molecule has 0 saturated heterocycles. The molecule has 1 amide bonds. The molecule has 1 aromatic heterocycles. The SMILES string of the molecule is CCOc1cc(C(=O)N(Cc2ccccc2)c2nc3c(OCC)cccc3s2)cc(OCC)c1OCC. The molecule has 0 atom stereocenters. The van der Waals surface area contributed by atoms with Gasteiger partial charge < -0.3 is 18.9 Å². The van der Waals surface area contributed by atoms with Gasteiger partial charge in [-0.1, -0.05) is 47.7 Å². The molecule has 0 fully saturated rings. The average molecular weight is 521 g/mol. The molecule has 0 saturated carbocycles. The molecule has 194 valence electrons. The second kappa shape index (κ2) is 12.5. The number of hydrogen-bond donors (Lipinski definition) is 0.